The summed E-state index contributed by atoms with van der Waals surface area (Å²) in [4.78, 5) is 5.52. The number of hydrogen-bond donors (Lipinski definition) is 1. The molecule has 0 amide bonds. The van der Waals surface area contributed by atoms with Crippen LogP contribution in [0.15, 0.2) is 6.20 Å². The summed E-state index contributed by atoms with van der Waals surface area (Å²) in [7, 11) is 0. The van der Waals surface area contributed by atoms with Crippen molar-refractivity contribution >= 4 is 11.3 Å². The third kappa shape index (κ3) is 1.27. The van der Waals surface area contributed by atoms with Gasteiger partial charge in [0.25, 0.3) is 0 Å². The maximum absolute atomic E-state index is 6.26. The summed E-state index contributed by atoms with van der Waals surface area (Å²) in [5.41, 5.74) is 6.23. The Labute approximate surface area is 76.8 Å². The Balaban J connectivity index is 2.28. The van der Waals surface area contributed by atoms with Crippen molar-refractivity contribution in [1.29, 1.82) is 0 Å². The van der Waals surface area contributed by atoms with E-state index in [0.29, 0.717) is 0 Å². The number of hydrogen-bond acceptors (Lipinski definition) is 3. The van der Waals surface area contributed by atoms with Gasteiger partial charge in [-0.3, -0.25) is 0 Å². The van der Waals surface area contributed by atoms with Crippen molar-refractivity contribution in [3.05, 3.63) is 16.1 Å². The van der Waals surface area contributed by atoms with Crippen molar-refractivity contribution in [3.63, 3.8) is 0 Å². The van der Waals surface area contributed by atoms with Gasteiger partial charge in [-0.1, -0.05) is 12.8 Å². The highest BCUT2D eigenvalue weighted by Crippen LogP contribution is 2.38. The van der Waals surface area contributed by atoms with Crippen LogP contribution in [0, 0.1) is 6.92 Å². The van der Waals surface area contributed by atoms with Gasteiger partial charge < -0.3 is 5.73 Å². The molecule has 1 heterocycles. The zero-order valence-electron chi connectivity index (χ0n) is 7.34. The van der Waals surface area contributed by atoms with Crippen LogP contribution in [0.1, 0.15) is 35.6 Å². The van der Waals surface area contributed by atoms with E-state index < -0.39 is 0 Å². The summed E-state index contributed by atoms with van der Waals surface area (Å²) in [6, 6.07) is 0. The van der Waals surface area contributed by atoms with Gasteiger partial charge in [-0.15, -0.1) is 11.3 Å². The third-order valence-electron chi connectivity index (χ3n) is 2.61. The molecule has 1 aliphatic rings. The fourth-order valence-electron chi connectivity index (χ4n) is 1.84. The van der Waals surface area contributed by atoms with E-state index in [0.717, 1.165) is 17.8 Å². The molecule has 2 rings (SSSR count). The molecule has 3 heteroatoms. The molecule has 12 heavy (non-hydrogen) atoms. The summed E-state index contributed by atoms with van der Waals surface area (Å²) < 4.78 is 0. The van der Waals surface area contributed by atoms with E-state index in [4.69, 9.17) is 5.73 Å². The minimum Gasteiger partial charge on any atom is -0.321 e. The van der Waals surface area contributed by atoms with Crippen molar-refractivity contribution < 1.29 is 0 Å². The number of aromatic nitrogens is 1. The van der Waals surface area contributed by atoms with Crippen LogP contribution >= 0.6 is 11.3 Å². The lowest BCUT2D eigenvalue weighted by Gasteiger charge is -2.20. The van der Waals surface area contributed by atoms with Gasteiger partial charge in [0.15, 0.2) is 0 Å². The van der Waals surface area contributed by atoms with Crippen LogP contribution in [-0.4, -0.2) is 4.98 Å². The number of aryl methyl sites for hydroxylation is 1. The minimum atomic E-state index is -0.0358. The Bertz CT molecular complexity index is 274. The first-order chi connectivity index (χ1) is 5.71. The molecule has 1 aliphatic carbocycles. The van der Waals surface area contributed by atoms with Crippen LogP contribution in [0.25, 0.3) is 0 Å². The molecular weight excluding hydrogens is 168 g/mol. The SMILES string of the molecule is Cc1ncc(C2(N)CCCC2)s1. The highest BCUT2D eigenvalue weighted by molar-refractivity contribution is 7.11. The van der Waals surface area contributed by atoms with Gasteiger partial charge in [0.2, 0.25) is 0 Å². The number of nitrogens with zero attached hydrogens (tertiary/aromatic N) is 1. The summed E-state index contributed by atoms with van der Waals surface area (Å²) in [6.45, 7) is 2.03. The molecule has 1 aromatic heterocycles. The Hall–Kier alpha value is -0.410. The molecule has 0 atom stereocenters. The van der Waals surface area contributed by atoms with Crippen LogP contribution < -0.4 is 5.73 Å². The van der Waals surface area contributed by atoms with Gasteiger partial charge in [0, 0.05) is 11.1 Å². The molecule has 66 valence electrons. The first-order valence-corrected chi connectivity index (χ1v) is 5.24. The summed E-state index contributed by atoms with van der Waals surface area (Å²) in [5.74, 6) is 0. The lowest BCUT2D eigenvalue weighted by molar-refractivity contribution is 0.471. The van der Waals surface area contributed by atoms with Gasteiger partial charge in [-0.05, 0) is 19.8 Å². The highest BCUT2D eigenvalue weighted by Gasteiger charge is 2.32. The Morgan fingerprint density at radius 3 is 2.67 bits per heavy atom. The molecular formula is C9H14N2S. The van der Waals surface area contributed by atoms with E-state index in [1.54, 1.807) is 11.3 Å². The predicted molar refractivity (Wildman–Crippen MR) is 51.2 cm³/mol. The standard InChI is InChI=1S/C9H14N2S/c1-7-11-6-8(12-7)9(10)4-2-3-5-9/h6H,2-5,10H2,1H3. The van der Waals surface area contributed by atoms with E-state index in [2.05, 4.69) is 4.98 Å². The maximum Gasteiger partial charge on any atom is 0.0897 e. The molecule has 0 unspecified atom stereocenters. The lowest BCUT2D eigenvalue weighted by atomic mass is 9.98. The second kappa shape index (κ2) is 2.82. The molecule has 1 fully saturated rings. The van der Waals surface area contributed by atoms with Gasteiger partial charge in [-0.2, -0.15) is 0 Å². The average Bonchev–Trinajstić information content (AvgIpc) is 2.59. The zero-order chi connectivity index (χ0) is 8.60. The average molecular weight is 182 g/mol. The monoisotopic (exact) mass is 182 g/mol. The van der Waals surface area contributed by atoms with Crippen LogP contribution in [-0.2, 0) is 5.54 Å². The first kappa shape index (κ1) is 8.20. The fourth-order valence-corrected chi connectivity index (χ4v) is 2.78. The Kier molecular flexibility index (Phi) is 1.93. The topological polar surface area (TPSA) is 38.9 Å². The lowest BCUT2D eigenvalue weighted by Crippen LogP contribution is -2.31. The molecule has 0 saturated heterocycles. The van der Waals surface area contributed by atoms with Gasteiger partial charge in [0.05, 0.1) is 10.5 Å². The molecule has 0 radical (unpaired) electrons. The maximum atomic E-state index is 6.26. The van der Waals surface area contributed by atoms with Crippen LogP contribution in [0.3, 0.4) is 0 Å². The van der Waals surface area contributed by atoms with Gasteiger partial charge >= 0.3 is 0 Å². The minimum absolute atomic E-state index is 0.0358. The Morgan fingerprint density at radius 2 is 2.17 bits per heavy atom. The molecule has 0 aliphatic heterocycles. The highest BCUT2D eigenvalue weighted by atomic mass is 32.1. The molecule has 2 nitrogen and oxygen atoms in total. The molecule has 0 spiro atoms. The van der Waals surface area contributed by atoms with E-state index in [1.807, 2.05) is 13.1 Å². The quantitative estimate of drug-likeness (QED) is 0.723. The second-order valence-electron chi connectivity index (χ2n) is 3.61. The van der Waals surface area contributed by atoms with Gasteiger partial charge in [-0.25, -0.2) is 4.98 Å². The largest absolute Gasteiger partial charge is 0.321 e. The molecule has 1 aromatic rings. The zero-order valence-corrected chi connectivity index (χ0v) is 8.16. The smallest absolute Gasteiger partial charge is 0.0897 e. The van der Waals surface area contributed by atoms with E-state index in [9.17, 15) is 0 Å². The van der Waals surface area contributed by atoms with Crippen LogP contribution in [0.2, 0.25) is 0 Å². The van der Waals surface area contributed by atoms with E-state index in [1.165, 1.54) is 17.7 Å². The normalized spacial score (nSPS) is 21.5. The van der Waals surface area contributed by atoms with Crippen molar-refractivity contribution in [1.82, 2.24) is 4.98 Å². The van der Waals surface area contributed by atoms with E-state index in [-0.39, 0.29) is 5.54 Å². The van der Waals surface area contributed by atoms with Crippen LogP contribution in [0.5, 0.6) is 0 Å². The number of nitrogens with two attached hydrogens (primary N) is 1. The van der Waals surface area contributed by atoms with Gasteiger partial charge in [0.1, 0.15) is 0 Å². The van der Waals surface area contributed by atoms with Crippen molar-refractivity contribution in [2.75, 3.05) is 0 Å². The first-order valence-electron chi connectivity index (χ1n) is 4.42. The molecule has 2 N–H and O–H groups in total. The third-order valence-corrected chi connectivity index (χ3v) is 3.74. The molecule has 1 saturated carbocycles. The van der Waals surface area contributed by atoms with E-state index >= 15 is 0 Å². The summed E-state index contributed by atoms with van der Waals surface area (Å²) >= 11 is 1.75. The predicted octanol–water partition coefficient (Wildman–Crippen LogP) is 2.18. The van der Waals surface area contributed by atoms with Crippen molar-refractivity contribution in [2.45, 2.75) is 38.1 Å². The summed E-state index contributed by atoms with van der Waals surface area (Å²) in [6.07, 6.45) is 6.76. The van der Waals surface area contributed by atoms with Crippen LogP contribution in [0.4, 0.5) is 0 Å². The molecule has 0 aromatic carbocycles. The second-order valence-corrected chi connectivity index (χ2v) is 4.84. The van der Waals surface area contributed by atoms with Crippen molar-refractivity contribution in [3.8, 4) is 0 Å². The molecule has 0 bridgehead atoms. The Morgan fingerprint density at radius 1 is 1.50 bits per heavy atom. The number of thiazole rings is 1. The fraction of sp³-hybridized carbons (Fsp3) is 0.667. The van der Waals surface area contributed by atoms with Crippen molar-refractivity contribution in [2.24, 2.45) is 5.73 Å². The summed E-state index contributed by atoms with van der Waals surface area (Å²) in [5, 5.41) is 1.13. The number of rotatable bonds is 1.